The summed E-state index contributed by atoms with van der Waals surface area (Å²) in [6.45, 7) is 12.2. The first kappa shape index (κ1) is 32.4. The van der Waals surface area contributed by atoms with Gasteiger partial charge in [0.25, 0.3) is 0 Å². The smallest absolute Gasteiger partial charge is 0.215 e. The molecule has 5 aliphatic rings. The number of hydrogen-bond acceptors (Lipinski definition) is 2. The molecule has 0 radical (unpaired) electrons. The Labute approximate surface area is 306 Å². The van der Waals surface area contributed by atoms with Gasteiger partial charge in [-0.05, 0) is 98.8 Å². The molecule has 256 valence electrons. The summed E-state index contributed by atoms with van der Waals surface area (Å²) in [5.74, 6) is 1.79. The Hall–Kier alpha value is -4.50. The molecule has 3 heteroatoms. The number of allylic oxidation sites excluding steroid dienone is 5. The molecule has 0 aromatic heterocycles. The first-order chi connectivity index (χ1) is 24.8. The molecule has 0 spiro atoms. The Morgan fingerprint density at radius 3 is 1.92 bits per heavy atom. The van der Waals surface area contributed by atoms with Gasteiger partial charge in [-0.1, -0.05) is 146 Å². The second-order valence-electron chi connectivity index (χ2n) is 16.5. The van der Waals surface area contributed by atoms with E-state index in [9.17, 15) is 0 Å². The van der Waals surface area contributed by atoms with E-state index in [1.165, 1.54) is 57.9 Å². The van der Waals surface area contributed by atoms with Crippen LogP contribution in [0.15, 0.2) is 156 Å². The van der Waals surface area contributed by atoms with E-state index in [1.54, 1.807) is 10.9 Å². The molecule has 6 atom stereocenters. The average Bonchev–Trinajstić information content (AvgIpc) is 3.16. The Bertz CT molecular complexity index is 2000. The zero-order valence-corrected chi connectivity index (χ0v) is 31.0. The minimum atomic E-state index is -0.212. The molecule has 2 nitrogen and oxygen atoms in total. The molecule has 0 saturated carbocycles. The number of hydrogen-bond donors (Lipinski definition) is 0. The lowest BCUT2D eigenvalue weighted by Crippen LogP contribution is -2.64. The topological polar surface area (TPSA) is 6.48 Å². The fourth-order valence-electron chi connectivity index (χ4n) is 10.6. The fraction of sp³-hybridized carbons (Fsp3) is 0.333. The maximum atomic E-state index is 2.93. The van der Waals surface area contributed by atoms with E-state index >= 15 is 0 Å². The van der Waals surface area contributed by atoms with Gasteiger partial charge in [0.05, 0.1) is 0 Å². The number of anilines is 2. The molecular formula is C48H51BN2. The molecular weight excluding hydrogens is 615 g/mol. The molecule has 51 heavy (non-hydrogen) atoms. The second-order valence-corrected chi connectivity index (χ2v) is 16.5. The highest BCUT2D eigenvalue weighted by molar-refractivity contribution is 6.77. The minimum absolute atomic E-state index is 0.212. The predicted octanol–water partition coefficient (Wildman–Crippen LogP) is 11.4. The van der Waals surface area contributed by atoms with Crippen LogP contribution in [-0.4, -0.2) is 18.8 Å². The van der Waals surface area contributed by atoms with Gasteiger partial charge in [0.15, 0.2) is 0 Å². The summed E-state index contributed by atoms with van der Waals surface area (Å²) >= 11 is 0. The van der Waals surface area contributed by atoms with Crippen molar-refractivity contribution in [2.45, 2.75) is 83.6 Å². The van der Waals surface area contributed by atoms with Crippen molar-refractivity contribution in [2.24, 2.45) is 17.8 Å². The standard InChI is InChI=1S/C48H51BN2/c1-32-16-22-39(23-17-32)50-43-26-20-34(3)28-41(43)49-42-29-35(4)21-27-44(42)51(40-24-18-33(2)19-25-40)46-31-38(30-45(50)47(46)49)48(5,36-12-8-6-9-13-36)37-14-10-7-11-15-37/h6-20,22-26,29-30,34-35,38,44,46-47H,21,27-28,31H2,1-5H3. The van der Waals surface area contributed by atoms with E-state index < -0.39 is 0 Å². The van der Waals surface area contributed by atoms with Crippen LogP contribution in [0.3, 0.4) is 0 Å². The number of aryl methyl sites for hydroxylation is 2. The number of rotatable bonds is 5. The average molecular weight is 667 g/mol. The van der Waals surface area contributed by atoms with Gasteiger partial charge < -0.3 is 9.80 Å². The zero-order chi connectivity index (χ0) is 34.9. The molecule has 4 aromatic carbocycles. The third-order valence-corrected chi connectivity index (χ3v) is 13.2. The summed E-state index contributed by atoms with van der Waals surface area (Å²) in [5.41, 5.74) is 14.1. The van der Waals surface area contributed by atoms with Gasteiger partial charge in [0, 0.05) is 46.1 Å². The molecule has 2 aliphatic heterocycles. The van der Waals surface area contributed by atoms with E-state index in [0.29, 0.717) is 36.4 Å². The maximum Gasteiger partial charge on any atom is 0.215 e. The lowest BCUT2D eigenvalue weighted by Gasteiger charge is -2.61. The van der Waals surface area contributed by atoms with Gasteiger partial charge in [-0.15, -0.1) is 0 Å². The van der Waals surface area contributed by atoms with Crippen LogP contribution in [0.25, 0.3) is 0 Å². The van der Waals surface area contributed by atoms with Crippen LogP contribution in [0, 0.1) is 31.6 Å². The Morgan fingerprint density at radius 1 is 0.686 bits per heavy atom. The summed E-state index contributed by atoms with van der Waals surface area (Å²) in [4.78, 5) is 5.63. The molecule has 6 unspecified atom stereocenters. The summed E-state index contributed by atoms with van der Waals surface area (Å²) < 4.78 is 0. The quantitative estimate of drug-likeness (QED) is 0.196. The number of nitrogens with zero attached hydrogens (tertiary/aromatic N) is 2. The summed E-state index contributed by atoms with van der Waals surface area (Å²) in [6, 6.07) is 42.3. The highest BCUT2D eigenvalue weighted by atomic mass is 15.2. The Balaban J connectivity index is 1.34. The van der Waals surface area contributed by atoms with Crippen molar-refractivity contribution in [3.63, 3.8) is 0 Å². The monoisotopic (exact) mass is 666 g/mol. The van der Waals surface area contributed by atoms with Gasteiger partial charge in [0.2, 0.25) is 6.71 Å². The van der Waals surface area contributed by atoms with Gasteiger partial charge in [-0.25, -0.2) is 0 Å². The summed E-state index contributed by atoms with van der Waals surface area (Å²) in [5, 5.41) is 0. The van der Waals surface area contributed by atoms with E-state index in [1.807, 2.05) is 0 Å². The van der Waals surface area contributed by atoms with Crippen LogP contribution in [0.4, 0.5) is 11.4 Å². The SMILES string of the molecule is Cc1ccc(N2C3=CC(C(C)(c4ccccc4)c4ccccc4)CC4C3B(C3=CC(C)CCC3N4c3ccc(C)cc3)C3=C2C=CC(C)C3)cc1. The van der Waals surface area contributed by atoms with Crippen molar-refractivity contribution in [3.8, 4) is 0 Å². The van der Waals surface area contributed by atoms with Crippen molar-refractivity contribution >= 4 is 18.1 Å². The molecule has 0 bridgehead atoms. The van der Waals surface area contributed by atoms with Crippen LogP contribution >= 0.6 is 0 Å². The second kappa shape index (κ2) is 12.6. The minimum Gasteiger partial charge on any atom is -0.363 e. The van der Waals surface area contributed by atoms with Crippen LogP contribution < -0.4 is 9.80 Å². The van der Waals surface area contributed by atoms with Crippen LogP contribution in [0.2, 0.25) is 5.82 Å². The van der Waals surface area contributed by atoms with E-state index in [4.69, 9.17) is 0 Å². The number of benzene rings is 4. The zero-order valence-electron chi connectivity index (χ0n) is 31.0. The van der Waals surface area contributed by atoms with Crippen LogP contribution in [0.5, 0.6) is 0 Å². The summed E-state index contributed by atoms with van der Waals surface area (Å²) in [6.07, 6.45) is 15.1. The van der Waals surface area contributed by atoms with Crippen molar-refractivity contribution in [1.29, 1.82) is 0 Å². The van der Waals surface area contributed by atoms with Gasteiger partial charge >= 0.3 is 0 Å². The highest BCUT2D eigenvalue weighted by Crippen LogP contribution is 2.59. The third-order valence-electron chi connectivity index (χ3n) is 13.2. The van der Waals surface area contributed by atoms with Gasteiger partial charge in [-0.2, -0.15) is 0 Å². The van der Waals surface area contributed by atoms with E-state index in [0.717, 1.165) is 12.8 Å². The van der Waals surface area contributed by atoms with Crippen molar-refractivity contribution < 1.29 is 0 Å². The Morgan fingerprint density at radius 2 is 1.29 bits per heavy atom. The fourth-order valence-corrected chi connectivity index (χ4v) is 10.6. The van der Waals surface area contributed by atoms with Gasteiger partial charge in [-0.3, -0.25) is 0 Å². The van der Waals surface area contributed by atoms with Crippen molar-refractivity contribution in [3.05, 3.63) is 178 Å². The first-order valence-corrected chi connectivity index (χ1v) is 19.5. The van der Waals surface area contributed by atoms with Crippen molar-refractivity contribution in [2.75, 3.05) is 9.80 Å². The lowest BCUT2D eigenvalue weighted by atomic mass is 9.24. The largest absolute Gasteiger partial charge is 0.363 e. The molecule has 0 N–H and O–H groups in total. The van der Waals surface area contributed by atoms with Crippen LogP contribution in [0.1, 0.15) is 68.7 Å². The molecule has 4 aromatic rings. The maximum absolute atomic E-state index is 2.93. The molecule has 9 rings (SSSR count). The normalized spacial score (nSPS) is 27.0. The first-order valence-electron chi connectivity index (χ1n) is 19.5. The third kappa shape index (κ3) is 5.30. The lowest BCUT2D eigenvalue weighted by molar-refractivity contribution is 0.313. The predicted molar refractivity (Wildman–Crippen MR) is 216 cm³/mol. The number of fused-ring (bicyclic) bond motifs is 3. The highest BCUT2D eigenvalue weighted by Gasteiger charge is 2.58. The van der Waals surface area contributed by atoms with Crippen molar-refractivity contribution in [1.82, 2.24) is 0 Å². The van der Waals surface area contributed by atoms with Crippen LogP contribution in [-0.2, 0) is 5.41 Å². The molecule has 3 aliphatic carbocycles. The van der Waals surface area contributed by atoms with E-state index in [-0.39, 0.29) is 11.3 Å². The molecule has 1 saturated heterocycles. The van der Waals surface area contributed by atoms with Gasteiger partial charge in [0.1, 0.15) is 0 Å². The molecule has 0 amide bonds. The van der Waals surface area contributed by atoms with E-state index in [2.05, 4.69) is 178 Å². The molecule has 2 heterocycles. The Kier molecular flexibility index (Phi) is 8.02. The molecule has 1 fully saturated rings. The summed E-state index contributed by atoms with van der Waals surface area (Å²) in [7, 11) is 0.